The number of ether oxygens (including phenoxy) is 1. The summed E-state index contributed by atoms with van der Waals surface area (Å²) in [5.74, 6) is -4.49. The molecule has 0 fully saturated rings. The van der Waals surface area contributed by atoms with E-state index in [1.807, 2.05) is 0 Å². The van der Waals surface area contributed by atoms with Crippen LogP contribution >= 0.6 is 11.6 Å². The summed E-state index contributed by atoms with van der Waals surface area (Å²) in [6, 6.07) is 7.25. The van der Waals surface area contributed by atoms with Crippen molar-refractivity contribution >= 4 is 33.3 Å². The van der Waals surface area contributed by atoms with Crippen LogP contribution in [0.2, 0.25) is 5.02 Å². The van der Waals surface area contributed by atoms with Gasteiger partial charge >= 0.3 is 5.76 Å². The van der Waals surface area contributed by atoms with Crippen molar-refractivity contribution in [1.82, 2.24) is 10.9 Å². The van der Waals surface area contributed by atoms with Gasteiger partial charge in [0.15, 0.2) is 6.10 Å². The number of hydrazine groups is 1. The van der Waals surface area contributed by atoms with E-state index in [2.05, 4.69) is 10.9 Å². The summed E-state index contributed by atoms with van der Waals surface area (Å²) < 4.78 is 53.5. The summed E-state index contributed by atoms with van der Waals surface area (Å²) in [6.07, 6.45) is -0.956. The van der Waals surface area contributed by atoms with Gasteiger partial charge in [-0.3, -0.25) is 20.4 Å². The van der Waals surface area contributed by atoms with E-state index < -0.39 is 38.4 Å². The van der Waals surface area contributed by atoms with E-state index in [0.29, 0.717) is 10.8 Å². The lowest BCUT2D eigenvalue weighted by molar-refractivity contribution is -0.128. The molecule has 7 nitrogen and oxygen atoms in total. The minimum atomic E-state index is -4.76. The lowest BCUT2D eigenvalue weighted by Crippen LogP contribution is -2.47. The first-order valence-corrected chi connectivity index (χ1v) is 10.5. The molecular weight excluding hydrogens is 442 g/mol. The fourth-order valence-corrected chi connectivity index (χ4v) is 3.55. The van der Waals surface area contributed by atoms with Gasteiger partial charge in [0.05, 0.1) is 4.90 Å². The zero-order valence-electron chi connectivity index (χ0n) is 16.2. The molecule has 0 aliphatic carbocycles. The first-order valence-electron chi connectivity index (χ1n) is 8.59. The summed E-state index contributed by atoms with van der Waals surface area (Å²) in [7, 11) is -4.76. The number of nitrogens with one attached hydrogen (secondary N) is 2. The van der Waals surface area contributed by atoms with Crippen LogP contribution in [0.5, 0.6) is 5.75 Å². The van der Waals surface area contributed by atoms with Crippen molar-refractivity contribution in [2.75, 3.05) is 0 Å². The second-order valence-electron chi connectivity index (χ2n) is 6.40. The highest BCUT2D eigenvalue weighted by atomic mass is 35.5. The smallest absolute Gasteiger partial charge is 0.341 e. The Hall–Kier alpha value is -2.72. The number of carbonyl (C=O) groups is 2. The van der Waals surface area contributed by atoms with Crippen molar-refractivity contribution in [2.24, 2.45) is 0 Å². The lowest BCUT2D eigenvalue weighted by Gasteiger charge is -2.18. The number of alkyl halides is 2. The Bertz CT molecular complexity index is 1040. The normalized spacial score (nSPS) is 12.4. The van der Waals surface area contributed by atoms with E-state index in [1.54, 1.807) is 26.0 Å². The summed E-state index contributed by atoms with van der Waals surface area (Å²) in [5.41, 5.74) is 5.77. The molecule has 0 heterocycles. The molecular formula is C19H19ClF2N2O5S. The Morgan fingerprint density at radius 1 is 1.03 bits per heavy atom. The van der Waals surface area contributed by atoms with Crippen LogP contribution in [0.3, 0.4) is 0 Å². The first kappa shape index (κ1) is 23.6. The molecule has 0 saturated heterocycles. The topological polar surface area (TPSA) is 102 Å². The molecule has 2 aromatic rings. The largest absolute Gasteiger partial charge is 0.480 e. The van der Waals surface area contributed by atoms with Gasteiger partial charge < -0.3 is 4.74 Å². The van der Waals surface area contributed by atoms with Crippen LogP contribution < -0.4 is 15.6 Å². The van der Waals surface area contributed by atoms with Gasteiger partial charge in [0.25, 0.3) is 11.8 Å². The van der Waals surface area contributed by atoms with Crippen molar-refractivity contribution in [3.63, 3.8) is 0 Å². The Morgan fingerprint density at radius 2 is 1.57 bits per heavy atom. The number of halogens is 3. The number of amides is 2. The number of carbonyl (C=O) groups excluding carboxylic acids is 2. The molecule has 0 bridgehead atoms. The van der Waals surface area contributed by atoms with Crippen molar-refractivity contribution < 1.29 is 31.5 Å². The van der Waals surface area contributed by atoms with Crippen LogP contribution in [-0.4, -0.2) is 32.1 Å². The fourth-order valence-electron chi connectivity index (χ4n) is 2.50. The molecule has 162 valence electrons. The van der Waals surface area contributed by atoms with Crippen LogP contribution in [0.1, 0.15) is 28.4 Å². The van der Waals surface area contributed by atoms with Crippen molar-refractivity contribution in [3.8, 4) is 5.75 Å². The van der Waals surface area contributed by atoms with Crippen LogP contribution in [-0.2, 0) is 14.6 Å². The minimum absolute atomic E-state index is 0.0403. The molecule has 1 unspecified atom stereocenters. The molecule has 2 N–H and O–H groups in total. The van der Waals surface area contributed by atoms with Gasteiger partial charge in [0, 0.05) is 10.6 Å². The predicted molar refractivity (Wildman–Crippen MR) is 106 cm³/mol. The molecule has 1 atom stereocenters. The van der Waals surface area contributed by atoms with Gasteiger partial charge in [-0.05, 0) is 68.3 Å². The van der Waals surface area contributed by atoms with Gasteiger partial charge in [-0.2, -0.15) is 8.78 Å². The SMILES string of the molecule is Cc1cc(Cl)cc(C)c1OC(C)C(=O)NNC(=O)c1ccc(S(=O)(=O)C(F)F)cc1. The summed E-state index contributed by atoms with van der Waals surface area (Å²) >= 11 is 5.96. The Morgan fingerprint density at radius 3 is 2.07 bits per heavy atom. The molecule has 11 heteroatoms. The van der Waals surface area contributed by atoms with Gasteiger partial charge in [-0.15, -0.1) is 0 Å². The predicted octanol–water partition coefficient (Wildman–Crippen LogP) is 3.18. The Labute approximate surface area is 177 Å². The maximum atomic E-state index is 12.5. The van der Waals surface area contributed by atoms with Crippen LogP contribution in [0, 0.1) is 13.8 Å². The molecule has 0 aromatic heterocycles. The maximum absolute atomic E-state index is 12.5. The maximum Gasteiger partial charge on any atom is 0.341 e. The molecule has 0 spiro atoms. The number of hydrogen-bond acceptors (Lipinski definition) is 5. The Balaban J connectivity index is 1.98. The van der Waals surface area contributed by atoms with Gasteiger partial charge in [-0.25, -0.2) is 8.42 Å². The van der Waals surface area contributed by atoms with E-state index >= 15 is 0 Å². The molecule has 30 heavy (non-hydrogen) atoms. The molecule has 2 rings (SSSR count). The average Bonchev–Trinajstić information content (AvgIpc) is 2.68. The number of aryl methyl sites for hydroxylation is 2. The highest BCUT2D eigenvalue weighted by Gasteiger charge is 2.26. The van der Waals surface area contributed by atoms with Crippen LogP contribution in [0.25, 0.3) is 0 Å². The number of hydrogen-bond donors (Lipinski definition) is 2. The highest BCUT2D eigenvalue weighted by molar-refractivity contribution is 7.91. The molecule has 2 aromatic carbocycles. The molecule has 0 radical (unpaired) electrons. The third-order valence-electron chi connectivity index (χ3n) is 4.07. The molecule has 0 aliphatic rings. The Kier molecular flexibility index (Phi) is 7.38. The van der Waals surface area contributed by atoms with Gasteiger partial charge in [0.1, 0.15) is 5.75 Å². The zero-order chi connectivity index (χ0) is 22.6. The number of benzene rings is 2. The van der Waals surface area contributed by atoms with Crippen molar-refractivity contribution in [2.45, 2.75) is 37.5 Å². The standard InChI is InChI=1S/C19H19ClF2N2O5S/c1-10-8-14(20)9-11(2)16(10)29-12(3)17(25)23-24-18(26)13-4-6-15(7-5-13)30(27,28)19(21)22/h4-9,12,19H,1-3H3,(H,23,25)(H,24,26). The molecule has 0 saturated carbocycles. The fraction of sp³-hybridized carbons (Fsp3) is 0.263. The second kappa shape index (κ2) is 9.40. The second-order valence-corrected chi connectivity index (χ2v) is 8.76. The molecule has 0 aliphatic heterocycles. The van der Waals surface area contributed by atoms with E-state index in [4.69, 9.17) is 16.3 Å². The van der Waals surface area contributed by atoms with Crippen LogP contribution in [0.15, 0.2) is 41.3 Å². The summed E-state index contributed by atoms with van der Waals surface area (Å²) in [4.78, 5) is 23.7. The third kappa shape index (κ3) is 5.45. The van der Waals surface area contributed by atoms with Crippen molar-refractivity contribution in [1.29, 1.82) is 0 Å². The van der Waals surface area contributed by atoms with E-state index in [1.165, 1.54) is 6.92 Å². The zero-order valence-corrected chi connectivity index (χ0v) is 17.8. The number of rotatable bonds is 6. The average molecular weight is 461 g/mol. The van der Waals surface area contributed by atoms with Crippen molar-refractivity contribution in [3.05, 3.63) is 58.1 Å². The number of sulfone groups is 1. The summed E-state index contributed by atoms with van der Waals surface area (Å²) in [6.45, 7) is 5.04. The third-order valence-corrected chi connectivity index (χ3v) is 5.68. The van der Waals surface area contributed by atoms with E-state index in [-0.39, 0.29) is 5.56 Å². The van der Waals surface area contributed by atoms with Gasteiger partial charge in [0.2, 0.25) is 9.84 Å². The van der Waals surface area contributed by atoms with Gasteiger partial charge in [-0.1, -0.05) is 11.6 Å². The van der Waals surface area contributed by atoms with Crippen LogP contribution in [0.4, 0.5) is 8.78 Å². The summed E-state index contributed by atoms with van der Waals surface area (Å²) in [5, 5.41) is 0.536. The highest BCUT2D eigenvalue weighted by Crippen LogP contribution is 2.28. The van der Waals surface area contributed by atoms with E-state index in [0.717, 1.165) is 35.4 Å². The monoisotopic (exact) mass is 460 g/mol. The quantitative estimate of drug-likeness (QED) is 0.645. The minimum Gasteiger partial charge on any atom is -0.480 e. The molecule has 2 amide bonds. The lowest BCUT2D eigenvalue weighted by atomic mass is 10.1. The first-order chi connectivity index (χ1) is 13.9. The van der Waals surface area contributed by atoms with E-state index in [9.17, 15) is 26.8 Å².